The van der Waals surface area contributed by atoms with Crippen LogP contribution in [0.15, 0.2) is 29.4 Å². The number of benzene rings is 1. The molecule has 0 spiro atoms. The minimum absolute atomic E-state index is 0.314. The summed E-state index contributed by atoms with van der Waals surface area (Å²) in [5, 5.41) is 14.6. The third-order valence-corrected chi connectivity index (χ3v) is 7.02. The third kappa shape index (κ3) is 4.13. The molecule has 0 unspecified atom stereocenters. The highest BCUT2D eigenvalue weighted by Gasteiger charge is 2.18. The predicted molar refractivity (Wildman–Crippen MR) is 128 cm³/mol. The van der Waals surface area contributed by atoms with E-state index < -0.39 is 0 Å². The van der Waals surface area contributed by atoms with Crippen LogP contribution in [-0.4, -0.2) is 23.8 Å². The molecule has 0 atom stereocenters. The number of methoxy groups -OCH3 is 1. The van der Waals surface area contributed by atoms with Crippen molar-refractivity contribution in [2.24, 2.45) is 5.10 Å². The molecule has 3 aromatic rings. The number of thiophene rings is 1. The van der Waals surface area contributed by atoms with E-state index in [1.165, 1.54) is 0 Å². The number of hydrogen-bond donors (Lipinski definition) is 1. The van der Waals surface area contributed by atoms with Gasteiger partial charge in [-0.1, -0.05) is 0 Å². The van der Waals surface area contributed by atoms with Gasteiger partial charge in [-0.15, -0.1) is 11.3 Å². The lowest BCUT2D eigenvalue weighted by Gasteiger charge is -2.07. The number of nitrogens with zero attached hydrogens (tertiary/aromatic N) is 3. The van der Waals surface area contributed by atoms with E-state index in [1.54, 1.807) is 36.8 Å². The lowest BCUT2D eigenvalue weighted by atomic mass is 10.2. The highest BCUT2D eigenvalue weighted by Crippen LogP contribution is 2.33. The number of nitrogens with one attached hydrogen (secondary N) is 1. The molecule has 0 bridgehead atoms. The van der Waals surface area contributed by atoms with Gasteiger partial charge in [-0.25, -0.2) is 5.43 Å². The fourth-order valence-electron chi connectivity index (χ4n) is 3.16. The first-order valence-corrected chi connectivity index (χ1v) is 11.0. The molecule has 154 valence electrons. The monoisotopic (exact) mass is 532 g/mol. The Labute approximate surface area is 193 Å². The molecule has 0 aliphatic rings. The molecule has 0 saturated heterocycles. The van der Waals surface area contributed by atoms with Crippen LogP contribution in [-0.2, 0) is 0 Å². The van der Waals surface area contributed by atoms with Crippen molar-refractivity contribution in [1.29, 1.82) is 5.26 Å². The first-order valence-electron chi connectivity index (χ1n) is 9.14. The Bertz CT molecular complexity index is 1200. The van der Waals surface area contributed by atoms with Crippen molar-refractivity contribution in [1.82, 2.24) is 9.99 Å². The molecule has 30 heavy (non-hydrogen) atoms. The second kappa shape index (κ2) is 9.02. The molecule has 0 fully saturated rings. The van der Waals surface area contributed by atoms with Crippen molar-refractivity contribution in [3.05, 3.63) is 66.4 Å². The average Bonchev–Trinajstić information content (AvgIpc) is 3.16. The van der Waals surface area contributed by atoms with Crippen LogP contribution in [0.1, 0.15) is 43.3 Å². The van der Waals surface area contributed by atoms with Crippen molar-refractivity contribution in [2.45, 2.75) is 27.7 Å². The van der Waals surface area contributed by atoms with Crippen LogP contribution >= 0.6 is 33.9 Å². The van der Waals surface area contributed by atoms with Crippen molar-refractivity contribution >= 4 is 46.0 Å². The SMILES string of the molecule is COc1cc(C(=O)N/N=C/c2cc(C)n(-c3sc(C)c(C)c3C#N)c2C)ccc1I. The normalized spacial score (nSPS) is 11.0. The molecular weight excluding hydrogens is 511 g/mol. The Kier molecular flexibility index (Phi) is 6.63. The van der Waals surface area contributed by atoms with E-state index in [-0.39, 0.29) is 5.91 Å². The lowest BCUT2D eigenvalue weighted by molar-refractivity contribution is 0.0954. The molecular formula is C22H21IN4O2S. The van der Waals surface area contributed by atoms with Gasteiger partial charge in [0.1, 0.15) is 16.8 Å². The number of hydrogen-bond acceptors (Lipinski definition) is 5. The van der Waals surface area contributed by atoms with E-state index in [0.29, 0.717) is 16.9 Å². The van der Waals surface area contributed by atoms with Gasteiger partial charge >= 0.3 is 0 Å². The van der Waals surface area contributed by atoms with Gasteiger partial charge in [0.2, 0.25) is 0 Å². The standard InChI is InChI=1S/C22H21IN4O2S/c1-12-8-17(14(3)27(12)22-18(10-24)13(2)15(4)30-22)11-25-26-21(28)16-6-7-19(23)20(9-16)29-5/h6-9,11H,1-5H3,(H,26,28)/b25-11+. The summed E-state index contributed by atoms with van der Waals surface area (Å²) in [6.07, 6.45) is 1.63. The molecule has 0 saturated carbocycles. The number of aromatic nitrogens is 1. The second-order valence-electron chi connectivity index (χ2n) is 6.79. The smallest absolute Gasteiger partial charge is 0.271 e. The fraction of sp³-hybridized carbons (Fsp3) is 0.227. The summed E-state index contributed by atoms with van der Waals surface area (Å²) in [6, 6.07) is 9.55. The molecule has 1 N–H and O–H groups in total. The molecule has 0 aliphatic carbocycles. The Hall–Kier alpha value is -2.64. The van der Waals surface area contributed by atoms with Crippen LogP contribution in [0.5, 0.6) is 5.75 Å². The topological polar surface area (TPSA) is 79.4 Å². The molecule has 0 aliphatic heterocycles. The Morgan fingerprint density at radius 2 is 2.03 bits per heavy atom. The first kappa shape index (κ1) is 22.1. The molecule has 2 aromatic heterocycles. The summed E-state index contributed by atoms with van der Waals surface area (Å²) >= 11 is 3.76. The molecule has 0 radical (unpaired) electrons. The van der Waals surface area contributed by atoms with Gasteiger partial charge in [0.25, 0.3) is 5.91 Å². The van der Waals surface area contributed by atoms with Crippen LogP contribution < -0.4 is 10.2 Å². The first-order chi connectivity index (χ1) is 14.3. The Balaban J connectivity index is 1.84. The highest BCUT2D eigenvalue weighted by atomic mass is 127. The summed E-state index contributed by atoms with van der Waals surface area (Å²) in [4.78, 5) is 13.5. The van der Waals surface area contributed by atoms with Gasteiger partial charge in [-0.3, -0.25) is 4.79 Å². The zero-order chi connectivity index (χ0) is 22.0. The molecule has 1 aromatic carbocycles. The maximum Gasteiger partial charge on any atom is 0.271 e. The maximum absolute atomic E-state index is 12.4. The van der Waals surface area contributed by atoms with Crippen LogP contribution in [0, 0.1) is 42.6 Å². The fourth-order valence-corrected chi connectivity index (χ4v) is 4.93. The van der Waals surface area contributed by atoms with Gasteiger partial charge in [-0.05, 0) is 80.1 Å². The second-order valence-corrected chi connectivity index (χ2v) is 9.15. The summed E-state index contributed by atoms with van der Waals surface area (Å²) in [5.74, 6) is 0.330. The summed E-state index contributed by atoms with van der Waals surface area (Å²) < 4.78 is 8.26. The van der Waals surface area contributed by atoms with Crippen molar-refractivity contribution in [2.75, 3.05) is 7.11 Å². The van der Waals surface area contributed by atoms with Gasteiger partial charge in [0.05, 0.1) is 22.5 Å². The minimum atomic E-state index is -0.314. The predicted octanol–water partition coefficient (Wildman–Crippen LogP) is 5.02. The summed E-state index contributed by atoms with van der Waals surface area (Å²) in [5.41, 5.74) is 7.58. The lowest BCUT2D eigenvalue weighted by Crippen LogP contribution is -2.17. The Morgan fingerprint density at radius 1 is 1.30 bits per heavy atom. The van der Waals surface area contributed by atoms with E-state index >= 15 is 0 Å². The van der Waals surface area contributed by atoms with Gasteiger partial charge < -0.3 is 9.30 Å². The van der Waals surface area contributed by atoms with Crippen molar-refractivity contribution in [3.8, 4) is 16.8 Å². The quantitative estimate of drug-likeness (QED) is 0.285. The van der Waals surface area contributed by atoms with E-state index in [1.807, 2.05) is 39.8 Å². The van der Waals surface area contributed by atoms with Gasteiger partial charge in [0, 0.05) is 27.4 Å². The van der Waals surface area contributed by atoms with Crippen molar-refractivity contribution < 1.29 is 9.53 Å². The number of aryl methyl sites for hydroxylation is 2. The number of carbonyl (C=O) groups excluding carboxylic acids is 1. The molecule has 1 amide bonds. The number of nitriles is 1. The molecule has 6 nitrogen and oxygen atoms in total. The van der Waals surface area contributed by atoms with E-state index in [2.05, 4.69) is 43.8 Å². The average molecular weight is 532 g/mol. The zero-order valence-electron chi connectivity index (χ0n) is 17.3. The Morgan fingerprint density at radius 3 is 2.70 bits per heavy atom. The van der Waals surface area contributed by atoms with E-state index in [0.717, 1.165) is 36.0 Å². The maximum atomic E-state index is 12.4. The van der Waals surface area contributed by atoms with Gasteiger partial charge in [-0.2, -0.15) is 10.4 Å². The number of hydrazone groups is 1. The van der Waals surface area contributed by atoms with Crippen LogP contribution in [0.2, 0.25) is 0 Å². The van der Waals surface area contributed by atoms with Crippen LogP contribution in [0.4, 0.5) is 0 Å². The zero-order valence-corrected chi connectivity index (χ0v) is 20.3. The summed E-state index contributed by atoms with van der Waals surface area (Å²) in [7, 11) is 1.57. The van der Waals surface area contributed by atoms with Gasteiger partial charge in [0.15, 0.2) is 0 Å². The third-order valence-electron chi connectivity index (χ3n) is 4.93. The number of halogens is 1. The number of ether oxygens (including phenoxy) is 1. The highest BCUT2D eigenvalue weighted by molar-refractivity contribution is 14.1. The largest absolute Gasteiger partial charge is 0.496 e. The minimum Gasteiger partial charge on any atom is -0.496 e. The summed E-state index contributed by atoms with van der Waals surface area (Å²) in [6.45, 7) is 7.97. The number of carbonyl (C=O) groups is 1. The molecule has 2 heterocycles. The molecule has 3 rings (SSSR count). The van der Waals surface area contributed by atoms with Crippen molar-refractivity contribution in [3.63, 3.8) is 0 Å². The van der Waals surface area contributed by atoms with Crippen LogP contribution in [0.25, 0.3) is 5.00 Å². The number of rotatable bonds is 5. The molecule has 8 heteroatoms. The van der Waals surface area contributed by atoms with Crippen LogP contribution in [0.3, 0.4) is 0 Å². The number of amides is 1. The van der Waals surface area contributed by atoms with E-state index in [9.17, 15) is 10.1 Å². The van der Waals surface area contributed by atoms with E-state index in [4.69, 9.17) is 4.74 Å².